The lowest BCUT2D eigenvalue weighted by Crippen LogP contribution is -2.46. The molecule has 1 N–H and O–H groups in total. The normalized spacial score (nSPS) is 18.3. The van der Waals surface area contributed by atoms with Crippen molar-refractivity contribution in [3.63, 3.8) is 0 Å². The molecule has 1 fully saturated rings. The van der Waals surface area contributed by atoms with Crippen LogP contribution in [0.15, 0.2) is 0 Å². The predicted octanol–water partition coefficient (Wildman–Crippen LogP) is -0.153. The molecule has 0 bridgehead atoms. The van der Waals surface area contributed by atoms with Crippen molar-refractivity contribution in [2.75, 3.05) is 32.8 Å². The Morgan fingerprint density at radius 1 is 1.60 bits per heavy atom. The first-order valence-electron chi connectivity index (χ1n) is 5.26. The molecule has 4 heteroatoms. The van der Waals surface area contributed by atoms with E-state index in [1.54, 1.807) is 0 Å². The molecule has 84 valence electrons. The number of ether oxygens (including phenoxy) is 1. The van der Waals surface area contributed by atoms with E-state index in [4.69, 9.17) is 11.2 Å². The summed E-state index contributed by atoms with van der Waals surface area (Å²) in [5, 5.41) is 3.11. The lowest BCUT2D eigenvalue weighted by Gasteiger charge is -2.27. The molecule has 4 nitrogen and oxygen atoms in total. The van der Waals surface area contributed by atoms with E-state index >= 15 is 0 Å². The van der Waals surface area contributed by atoms with Crippen LogP contribution in [0.5, 0.6) is 0 Å². The highest BCUT2D eigenvalue weighted by atomic mass is 16.5. The molecule has 1 rings (SSSR count). The van der Waals surface area contributed by atoms with Crippen LogP contribution in [0.4, 0.5) is 0 Å². The number of nitrogens with one attached hydrogen (secondary N) is 1. The topological polar surface area (TPSA) is 41.6 Å². The van der Waals surface area contributed by atoms with Gasteiger partial charge in [0.2, 0.25) is 5.91 Å². The molecule has 0 aromatic rings. The molecule has 15 heavy (non-hydrogen) atoms. The molecule has 1 heterocycles. The first kappa shape index (κ1) is 12.0. The Morgan fingerprint density at radius 2 is 2.27 bits per heavy atom. The fourth-order valence-electron chi connectivity index (χ4n) is 1.44. The maximum atomic E-state index is 11.7. The first-order chi connectivity index (χ1) is 7.24. The fraction of sp³-hybridized carbons (Fsp3) is 0.727. The maximum Gasteiger partial charge on any atom is 0.236 e. The summed E-state index contributed by atoms with van der Waals surface area (Å²) in [6, 6.07) is 0.194. The summed E-state index contributed by atoms with van der Waals surface area (Å²) in [4.78, 5) is 13.5. The molecule has 0 aromatic carbocycles. The lowest BCUT2D eigenvalue weighted by molar-refractivity contribution is -0.134. The average Bonchev–Trinajstić information content (AvgIpc) is 2.27. The number of hydrogen-bond donors (Lipinski definition) is 1. The highest BCUT2D eigenvalue weighted by Crippen LogP contribution is 1.97. The standard InChI is InChI=1S/C11H18N2O2/c1-3-4-10(2)12-9-11(14)13-5-7-15-8-6-13/h1,10,12H,4-9H2,2H3. The van der Waals surface area contributed by atoms with E-state index in [-0.39, 0.29) is 11.9 Å². The van der Waals surface area contributed by atoms with Crippen LogP contribution in [0.1, 0.15) is 13.3 Å². The lowest BCUT2D eigenvalue weighted by atomic mass is 10.2. The Bertz CT molecular complexity index is 241. The van der Waals surface area contributed by atoms with Crippen molar-refractivity contribution < 1.29 is 9.53 Å². The molecular weight excluding hydrogens is 192 g/mol. The molecule has 1 saturated heterocycles. The Balaban J connectivity index is 2.20. The van der Waals surface area contributed by atoms with Gasteiger partial charge >= 0.3 is 0 Å². The molecule has 1 aliphatic rings. The van der Waals surface area contributed by atoms with Crippen molar-refractivity contribution in [2.24, 2.45) is 0 Å². The maximum absolute atomic E-state index is 11.7. The Kier molecular flexibility index (Phi) is 5.16. The van der Waals surface area contributed by atoms with Crippen molar-refractivity contribution in [3.05, 3.63) is 0 Å². The minimum Gasteiger partial charge on any atom is -0.378 e. The third-order valence-electron chi connectivity index (χ3n) is 2.39. The number of carbonyl (C=O) groups excluding carboxylic acids is 1. The summed E-state index contributed by atoms with van der Waals surface area (Å²) in [6.07, 6.45) is 5.83. The van der Waals surface area contributed by atoms with Crippen molar-refractivity contribution in [3.8, 4) is 12.3 Å². The van der Waals surface area contributed by atoms with E-state index in [0.717, 1.165) is 0 Å². The zero-order valence-corrected chi connectivity index (χ0v) is 9.16. The van der Waals surface area contributed by atoms with E-state index < -0.39 is 0 Å². The summed E-state index contributed by atoms with van der Waals surface area (Å²) >= 11 is 0. The second-order valence-electron chi connectivity index (χ2n) is 3.68. The van der Waals surface area contributed by atoms with Gasteiger partial charge in [0.25, 0.3) is 0 Å². The number of morpholine rings is 1. The van der Waals surface area contributed by atoms with Gasteiger partial charge in [-0.15, -0.1) is 12.3 Å². The monoisotopic (exact) mass is 210 g/mol. The van der Waals surface area contributed by atoms with Gasteiger partial charge in [-0.25, -0.2) is 0 Å². The molecule has 0 saturated carbocycles. The summed E-state index contributed by atoms with van der Waals surface area (Å²) in [7, 11) is 0. The number of rotatable bonds is 4. The van der Waals surface area contributed by atoms with Crippen LogP contribution in [0, 0.1) is 12.3 Å². The predicted molar refractivity (Wildman–Crippen MR) is 58.3 cm³/mol. The van der Waals surface area contributed by atoms with Gasteiger partial charge in [-0.2, -0.15) is 0 Å². The minimum atomic E-state index is 0.127. The molecule has 1 atom stereocenters. The van der Waals surface area contributed by atoms with Crippen LogP contribution in [-0.4, -0.2) is 49.7 Å². The van der Waals surface area contributed by atoms with Gasteiger partial charge in [0.1, 0.15) is 0 Å². The Labute approximate surface area is 91.0 Å². The third kappa shape index (κ3) is 4.32. The Hall–Kier alpha value is -1.05. The van der Waals surface area contributed by atoms with Gasteiger partial charge in [0.05, 0.1) is 19.8 Å². The van der Waals surface area contributed by atoms with Gasteiger partial charge in [-0.05, 0) is 6.92 Å². The van der Waals surface area contributed by atoms with Crippen LogP contribution in [-0.2, 0) is 9.53 Å². The smallest absolute Gasteiger partial charge is 0.236 e. The number of amides is 1. The average molecular weight is 210 g/mol. The Morgan fingerprint density at radius 3 is 2.87 bits per heavy atom. The van der Waals surface area contributed by atoms with E-state index in [2.05, 4.69) is 11.2 Å². The SMILES string of the molecule is C#CCC(C)NCC(=O)N1CCOCC1. The van der Waals surface area contributed by atoms with Gasteiger partial charge in [-0.1, -0.05) is 0 Å². The molecule has 0 spiro atoms. The fourth-order valence-corrected chi connectivity index (χ4v) is 1.44. The molecule has 1 amide bonds. The van der Waals surface area contributed by atoms with Crippen LogP contribution >= 0.6 is 0 Å². The number of carbonyl (C=O) groups is 1. The van der Waals surface area contributed by atoms with Gasteiger partial charge in [0.15, 0.2) is 0 Å². The molecule has 0 radical (unpaired) electrons. The molecule has 1 aliphatic heterocycles. The zero-order chi connectivity index (χ0) is 11.1. The van der Waals surface area contributed by atoms with E-state index in [0.29, 0.717) is 39.3 Å². The molecular formula is C11H18N2O2. The van der Waals surface area contributed by atoms with Crippen molar-refractivity contribution >= 4 is 5.91 Å². The van der Waals surface area contributed by atoms with Gasteiger partial charge in [0, 0.05) is 25.6 Å². The van der Waals surface area contributed by atoms with Crippen LogP contribution in [0.2, 0.25) is 0 Å². The largest absolute Gasteiger partial charge is 0.378 e. The van der Waals surface area contributed by atoms with Crippen molar-refractivity contribution in [1.29, 1.82) is 0 Å². The highest BCUT2D eigenvalue weighted by molar-refractivity contribution is 5.78. The zero-order valence-electron chi connectivity index (χ0n) is 9.16. The first-order valence-corrected chi connectivity index (χ1v) is 5.26. The second-order valence-corrected chi connectivity index (χ2v) is 3.68. The highest BCUT2D eigenvalue weighted by Gasteiger charge is 2.16. The van der Waals surface area contributed by atoms with E-state index in [1.807, 2.05) is 11.8 Å². The van der Waals surface area contributed by atoms with Crippen LogP contribution in [0.3, 0.4) is 0 Å². The summed E-state index contributed by atoms with van der Waals surface area (Å²) in [6.45, 7) is 5.03. The number of hydrogen-bond acceptors (Lipinski definition) is 3. The van der Waals surface area contributed by atoms with E-state index in [1.165, 1.54) is 0 Å². The van der Waals surface area contributed by atoms with Gasteiger partial charge < -0.3 is 15.0 Å². The second kappa shape index (κ2) is 6.44. The minimum absolute atomic E-state index is 0.127. The quantitative estimate of drug-likeness (QED) is 0.656. The number of terminal acetylenes is 1. The third-order valence-corrected chi connectivity index (χ3v) is 2.39. The summed E-state index contributed by atoms with van der Waals surface area (Å²) in [5.41, 5.74) is 0. The molecule has 0 aliphatic carbocycles. The molecule has 0 aromatic heterocycles. The van der Waals surface area contributed by atoms with Crippen molar-refractivity contribution in [2.45, 2.75) is 19.4 Å². The number of nitrogens with zero attached hydrogens (tertiary/aromatic N) is 1. The van der Waals surface area contributed by atoms with Crippen LogP contribution in [0.25, 0.3) is 0 Å². The van der Waals surface area contributed by atoms with Gasteiger partial charge in [-0.3, -0.25) is 4.79 Å². The summed E-state index contributed by atoms with van der Waals surface area (Å²) in [5.74, 6) is 2.69. The van der Waals surface area contributed by atoms with Crippen molar-refractivity contribution in [1.82, 2.24) is 10.2 Å². The van der Waals surface area contributed by atoms with Crippen LogP contribution < -0.4 is 5.32 Å². The summed E-state index contributed by atoms with van der Waals surface area (Å²) < 4.78 is 5.17. The molecule has 1 unspecified atom stereocenters. The van der Waals surface area contributed by atoms with E-state index in [9.17, 15) is 4.79 Å².